The second-order valence-corrected chi connectivity index (χ2v) is 6.41. The first-order valence-electron chi connectivity index (χ1n) is 7.39. The van der Waals surface area contributed by atoms with Gasteiger partial charge in [0.1, 0.15) is 6.54 Å². The van der Waals surface area contributed by atoms with Gasteiger partial charge in [-0.05, 0) is 31.0 Å². The van der Waals surface area contributed by atoms with E-state index in [1.54, 1.807) is 0 Å². The number of carbonyl (C=O) groups excluding carboxylic acids is 3. The third-order valence-corrected chi connectivity index (χ3v) is 3.87. The van der Waals surface area contributed by atoms with Crippen LogP contribution in [0.25, 0.3) is 0 Å². The van der Waals surface area contributed by atoms with Crippen LogP contribution in [0.5, 0.6) is 0 Å². The Kier molecular flexibility index (Phi) is 8.01. The van der Waals surface area contributed by atoms with E-state index in [0.29, 0.717) is 5.02 Å². The number of carbonyl (C=O) groups is 3. The third-order valence-electron chi connectivity index (χ3n) is 3.32. The van der Waals surface area contributed by atoms with Crippen molar-refractivity contribution in [3.63, 3.8) is 0 Å². The fraction of sp³-hybridized carbons (Fsp3) is 0.438. The molecule has 2 N–H and O–H groups in total. The SMILES string of the molecule is CC(C)[C@@H](C)NC(=O)COC(=O)CNC(=O)c1ccc(Cl)cc1Cl. The van der Waals surface area contributed by atoms with E-state index in [0.717, 1.165) is 0 Å². The molecule has 0 bridgehead atoms. The minimum Gasteiger partial charge on any atom is -0.454 e. The molecular formula is C16H20Cl2N2O4. The Morgan fingerprint density at radius 3 is 2.42 bits per heavy atom. The van der Waals surface area contributed by atoms with Crippen LogP contribution in [-0.4, -0.2) is 37.0 Å². The summed E-state index contributed by atoms with van der Waals surface area (Å²) in [7, 11) is 0. The van der Waals surface area contributed by atoms with E-state index in [1.165, 1.54) is 18.2 Å². The molecule has 0 aliphatic carbocycles. The molecule has 1 aromatic rings. The minimum atomic E-state index is -0.721. The normalized spacial score (nSPS) is 11.8. The Balaban J connectivity index is 2.38. The smallest absolute Gasteiger partial charge is 0.325 e. The topological polar surface area (TPSA) is 84.5 Å². The van der Waals surface area contributed by atoms with Crippen molar-refractivity contribution in [2.45, 2.75) is 26.8 Å². The zero-order valence-electron chi connectivity index (χ0n) is 13.7. The van der Waals surface area contributed by atoms with Crippen molar-refractivity contribution in [3.05, 3.63) is 33.8 Å². The Hall–Kier alpha value is -1.79. The van der Waals surface area contributed by atoms with Crippen LogP contribution >= 0.6 is 23.2 Å². The molecule has 0 fully saturated rings. The molecule has 0 aromatic heterocycles. The second kappa shape index (κ2) is 9.49. The standard InChI is InChI=1S/C16H20Cl2N2O4/c1-9(2)10(3)20-14(21)8-24-15(22)7-19-16(23)12-5-4-11(17)6-13(12)18/h4-6,9-10H,7-8H2,1-3H3,(H,19,23)(H,20,21)/t10-/m1/s1. The number of halogens is 2. The summed E-state index contributed by atoms with van der Waals surface area (Å²) < 4.78 is 4.80. The zero-order valence-corrected chi connectivity index (χ0v) is 15.2. The number of esters is 1. The van der Waals surface area contributed by atoms with Crippen molar-refractivity contribution in [2.75, 3.05) is 13.2 Å². The predicted molar refractivity (Wildman–Crippen MR) is 92.2 cm³/mol. The van der Waals surface area contributed by atoms with Gasteiger partial charge in [0.05, 0.1) is 10.6 Å². The Morgan fingerprint density at radius 2 is 1.83 bits per heavy atom. The fourth-order valence-corrected chi connectivity index (χ4v) is 2.07. The van der Waals surface area contributed by atoms with Crippen LogP contribution in [0.1, 0.15) is 31.1 Å². The van der Waals surface area contributed by atoms with Crippen LogP contribution < -0.4 is 10.6 Å². The van der Waals surface area contributed by atoms with Gasteiger partial charge in [0.2, 0.25) is 0 Å². The Labute approximate surface area is 150 Å². The molecule has 0 aliphatic rings. The first-order valence-corrected chi connectivity index (χ1v) is 8.14. The lowest BCUT2D eigenvalue weighted by Crippen LogP contribution is -2.39. The first-order chi connectivity index (χ1) is 11.2. The van der Waals surface area contributed by atoms with Gasteiger partial charge in [-0.25, -0.2) is 0 Å². The monoisotopic (exact) mass is 374 g/mol. The number of ether oxygens (including phenoxy) is 1. The summed E-state index contributed by atoms with van der Waals surface area (Å²) in [5.41, 5.74) is 0.192. The van der Waals surface area contributed by atoms with Gasteiger partial charge in [-0.1, -0.05) is 37.0 Å². The number of hydrogen-bond acceptors (Lipinski definition) is 4. The van der Waals surface area contributed by atoms with E-state index in [2.05, 4.69) is 10.6 Å². The summed E-state index contributed by atoms with van der Waals surface area (Å²) in [5, 5.41) is 5.65. The van der Waals surface area contributed by atoms with Gasteiger partial charge in [-0.15, -0.1) is 0 Å². The van der Waals surface area contributed by atoms with Gasteiger partial charge < -0.3 is 15.4 Å². The quantitative estimate of drug-likeness (QED) is 0.717. The fourth-order valence-electron chi connectivity index (χ4n) is 1.58. The van der Waals surface area contributed by atoms with Crippen molar-refractivity contribution in [3.8, 4) is 0 Å². The van der Waals surface area contributed by atoms with Crippen molar-refractivity contribution >= 4 is 41.0 Å². The number of rotatable bonds is 7. The average Bonchev–Trinajstić information content (AvgIpc) is 2.50. The van der Waals surface area contributed by atoms with Crippen molar-refractivity contribution in [1.82, 2.24) is 10.6 Å². The number of nitrogens with one attached hydrogen (secondary N) is 2. The van der Waals surface area contributed by atoms with E-state index in [-0.39, 0.29) is 29.1 Å². The summed E-state index contributed by atoms with van der Waals surface area (Å²) in [6.07, 6.45) is 0. The van der Waals surface area contributed by atoms with Gasteiger partial charge in [-0.3, -0.25) is 14.4 Å². The van der Waals surface area contributed by atoms with Gasteiger partial charge >= 0.3 is 5.97 Å². The third kappa shape index (κ3) is 6.76. The van der Waals surface area contributed by atoms with Crippen LogP contribution in [0.2, 0.25) is 10.0 Å². The molecule has 6 nitrogen and oxygen atoms in total. The minimum absolute atomic E-state index is 0.0250. The highest BCUT2D eigenvalue weighted by atomic mass is 35.5. The zero-order chi connectivity index (χ0) is 18.3. The molecule has 1 rings (SSSR count). The molecule has 132 valence electrons. The van der Waals surface area contributed by atoms with Crippen molar-refractivity contribution in [1.29, 1.82) is 0 Å². The van der Waals surface area contributed by atoms with Crippen LogP contribution in [0, 0.1) is 5.92 Å². The highest BCUT2D eigenvalue weighted by Crippen LogP contribution is 2.20. The molecule has 24 heavy (non-hydrogen) atoms. The maximum atomic E-state index is 11.9. The van der Waals surface area contributed by atoms with Gasteiger partial charge in [0.25, 0.3) is 11.8 Å². The lowest BCUT2D eigenvalue weighted by Gasteiger charge is -2.17. The molecule has 1 aromatic carbocycles. The molecule has 0 unspecified atom stereocenters. The van der Waals surface area contributed by atoms with E-state index in [4.69, 9.17) is 27.9 Å². The van der Waals surface area contributed by atoms with Gasteiger partial charge in [0, 0.05) is 11.1 Å². The molecule has 0 radical (unpaired) electrons. The van der Waals surface area contributed by atoms with Crippen molar-refractivity contribution < 1.29 is 19.1 Å². The molecule has 0 aliphatic heterocycles. The largest absolute Gasteiger partial charge is 0.454 e. The number of benzene rings is 1. The van der Waals surface area contributed by atoms with Gasteiger partial charge in [0.15, 0.2) is 6.61 Å². The van der Waals surface area contributed by atoms with Crippen LogP contribution in [0.3, 0.4) is 0 Å². The summed E-state index contributed by atoms with van der Waals surface area (Å²) >= 11 is 11.6. The lowest BCUT2D eigenvalue weighted by molar-refractivity contribution is -0.147. The van der Waals surface area contributed by atoms with E-state index in [9.17, 15) is 14.4 Å². The summed E-state index contributed by atoms with van der Waals surface area (Å²) in [4.78, 5) is 35.1. The molecule has 0 spiro atoms. The van der Waals surface area contributed by atoms with Crippen molar-refractivity contribution in [2.24, 2.45) is 5.92 Å². The molecular weight excluding hydrogens is 355 g/mol. The molecule has 1 atom stereocenters. The number of hydrogen-bond donors (Lipinski definition) is 2. The second-order valence-electron chi connectivity index (χ2n) is 5.57. The molecule has 8 heteroatoms. The molecule has 0 heterocycles. The van der Waals surface area contributed by atoms with E-state index < -0.39 is 24.4 Å². The maximum Gasteiger partial charge on any atom is 0.325 e. The Bertz CT molecular complexity index is 620. The summed E-state index contributed by atoms with van der Waals surface area (Å²) in [6, 6.07) is 4.37. The molecule has 2 amide bonds. The average molecular weight is 375 g/mol. The van der Waals surface area contributed by atoms with Crippen LogP contribution in [0.15, 0.2) is 18.2 Å². The highest BCUT2D eigenvalue weighted by Gasteiger charge is 2.15. The molecule has 0 saturated carbocycles. The predicted octanol–water partition coefficient (Wildman–Crippen LogP) is 2.43. The lowest BCUT2D eigenvalue weighted by atomic mass is 10.1. The van der Waals surface area contributed by atoms with E-state index in [1.807, 2.05) is 20.8 Å². The van der Waals surface area contributed by atoms with Crippen LogP contribution in [0.4, 0.5) is 0 Å². The van der Waals surface area contributed by atoms with Crippen LogP contribution in [-0.2, 0) is 14.3 Å². The molecule has 0 saturated heterocycles. The number of amides is 2. The Morgan fingerprint density at radius 1 is 1.17 bits per heavy atom. The maximum absolute atomic E-state index is 11.9. The van der Waals surface area contributed by atoms with Gasteiger partial charge in [-0.2, -0.15) is 0 Å². The summed E-state index contributed by atoms with van der Waals surface area (Å²) in [6.45, 7) is 5.03. The first kappa shape index (κ1) is 20.3. The summed E-state index contributed by atoms with van der Waals surface area (Å²) in [5.74, 6) is -1.38. The highest BCUT2D eigenvalue weighted by molar-refractivity contribution is 6.36. The van der Waals surface area contributed by atoms with E-state index >= 15 is 0 Å².